The van der Waals surface area contributed by atoms with Gasteiger partial charge in [-0.2, -0.15) is 0 Å². The van der Waals surface area contributed by atoms with Crippen LogP contribution in [0.25, 0.3) is 16.7 Å². The molecule has 0 aliphatic carbocycles. The van der Waals surface area contributed by atoms with Crippen molar-refractivity contribution < 1.29 is 4.79 Å². The molecule has 0 spiro atoms. The summed E-state index contributed by atoms with van der Waals surface area (Å²) in [5.41, 5.74) is 2.48. The second-order valence-electron chi connectivity index (χ2n) is 7.43. The number of rotatable bonds is 7. The fraction of sp³-hybridized carbons (Fsp3) is 0.200. The summed E-state index contributed by atoms with van der Waals surface area (Å²) in [6, 6.07) is 20.9. The summed E-state index contributed by atoms with van der Waals surface area (Å²) in [6.07, 6.45) is 1.67. The molecule has 0 aliphatic rings. The number of amides is 1. The van der Waals surface area contributed by atoms with Gasteiger partial charge >= 0.3 is 0 Å². The number of hydrogen-bond donors (Lipinski definition) is 0. The van der Waals surface area contributed by atoms with Gasteiger partial charge in [0.1, 0.15) is 5.82 Å². The van der Waals surface area contributed by atoms with Gasteiger partial charge in [-0.25, -0.2) is 14.5 Å². The SMILES string of the molecule is CCN(Cc1ccccc1)C(=O)CSc1nc2ccccc2c(=O)n1-c1cc(C)ccn1. The zero-order valence-electron chi connectivity index (χ0n) is 18.1. The van der Waals surface area contributed by atoms with Crippen molar-refractivity contribution >= 4 is 28.6 Å². The van der Waals surface area contributed by atoms with Crippen molar-refractivity contribution in [3.63, 3.8) is 0 Å². The van der Waals surface area contributed by atoms with E-state index in [1.165, 1.54) is 16.3 Å². The monoisotopic (exact) mass is 444 g/mol. The van der Waals surface area contributed by atoms with Crippen molar-refractivity contribution in [2.45, 2.75) is 25.5 Å². The summed E-state index contributed by atoms with van der Waals surface area (Å²) in [4.78, 5) is 37.2. The second kappa shape index (κ2) is 9.78. The third kappa shape index (κ3) is 4.73. The quantitative estimate of drug-likeness (QED) is 0.315. The zero-order chi connectivity index (χ0) is 22.5. The lowest BCUT2D eigenvalue weighted by molar-refractivity contribution is -0.128. The molecule has 0 saturated heterocycles. The maximum absolute atomic E-state index is 13.3. The average Bonchev–Trinajstić information content (AvgIpc) is 2.81. The number of para-hydroxylation sites is 1. The van der Waals surface area contributed by atoms with E-state index in [0.717, 1.165) is 11.1 Å². The standard InChI is InChI=1S/C25H24N4O2S/c1-3-28(16-19-9-5-4-6-10-19)23(30)17-32-25-27-21-12-8-7-11-20(21)24(31)29(25)22-15-18(2)13-14-26-22/h4-15H,3,16-17H2,1-2H3. The second-order valence-corrected chi connectivity index (χ2v) is 8.37. The number of carbonyl (C=O) groups excluding carboxylic acids is 1. The Balaban J connectivity index is 1.65. The smallest absolute Gasteiger partial charge is 0.267 e. The molecule has 0 fully saturated rings. The topological polar surface area (TPSA) is 68.1 Å². The van der Waals surface area contributed by atoms with Crippen molar-refractivity contribution in [1.29, 1.82) is 0 Å². The third-order valence-corrected chi connectivity index (χ3v) is 6.07. The first-order valence-electron chi connectivity index (χ1n) is 10.5. The number of pyridine rings is 1. The van der Waals surface area contributed by atoms with E-state index in [1.807, 2.05) is 74.5 Å². The highest BCUT2D eigenvalue weighted by atomic mass is 32.2. The maximum Gasteiger partial charge on any atom is 0.267 e. The Morgan fingerprint density at radius 2 is 1.81 bits per heavy atom. The van der Waals surface area contributed by atoms with Crippen molar-refractivity contribution in [1.82, 2.24) is 19.4 Å². The normalized spacial score (nSPS) is 10.9. The summed E-state index contributed by atoms with van der Waals surface area (Å²) in [6.45, 7) is 5.07. The molecule has 2 aromatic heterocycles. The van der Waals surface area contributed by atoms with Crippen LogP contribution in [0.5, 0.6) is 0 Å². The van der Waals surface area contributed by atoms with Crippen LogP contribution < -0.4 is 5.56 Å². The van der Waals surface area contributed by atoms with Crippen molar-refractivity contribution in [2.24, 2.45) is 0 Å². The predicted molar refractivity (Wildman–Crippen MR) is 128 cm³/mol. The van der Waals surface area contributed by atoms with Crippen LogP contribution in [0.4, 0.5) is 0 Å². The number of nitrogens with zero attached hydrogens (tertiary/aromatic N) is 4. The summed E-state index contributed by atoms with van der Waals surface area (Å²) in [7, 11) is 0. The number of fused-ring (bicyclic) bond motifs is 1. The van der Waals surface area contributed by atoms with Crippen molar-refractivity contribution in [2.75, 3.05) is 12.3 Å². The predicted octanol–water partition coefficient (Wildman–Crippen LogP) is 4.23. The fourth-order valence-electron chi connectivity index (χ4n) is 3.45. The highest BCUT2D eigenvalue weighted by Crippen LogP contribution is 2.21. The van der Waals surface area contributed by atoms with E-state index in [0.29, 0.717) is 35.0 Å². The van der Waals surface area contributed by atoms with Crippen LogP contribution in [0.2, 0.25) is 0 Å². The van der Waals surface area contributed by atoms with Crippen molar-refractivity contribution in [3.8, 4) is 5.82 Å². The molecule has 0 N–H and O–H groups in total. The highest BCUT2D eigenvalue weighted by Gasteiger charge is 2.18. The van der Waals surface area contributed by atoms with Gasteiger partial charge in [0.25, 0.3) is 5.56 Å². The number of aromatic nitrogens is 3. The molecule has 1 amide bonds. The lowest BCUT2D eigenvalue weighted by Crippen LogP contribution is -2.32. The fourth-order valence-corrected chi connectivity index (χ4v) is 4.36. The van der Waals surface area contributed by atoms with E-state index in [4.69, 9.17) is 4.98 Å². The first kappa shape index (κ1) is 21.8. The maximum atomic E-state index is 13.3. The molecule has 0 radical (unpaired) electrons. The molecule has 2 aromatic carbocycles. The minimum Gasteiger partial charge on any atom is -0.338 e. The van der Waals surface area contributed by atoms with Crippen LogP contribution in [0.1, 0.15) is 18.1 Å². The molecule has 7 heteroatoms. The van der Waals surface area contributed by atoms with E-state index in [9.17, 15) is 9.59 Å². The van der Waals surface area contributed by atoms with Gasteiger partial charge in [0.15, 0.2) is 5.16 Å². The van der Waals surface area contributed by atoms with Crippen LogP contribution in [0.15, 0.2) is 82.9 Å². The highest BCUT2D eigenvalue weighted by molar-refractivity contribution is 7.99. The van der Waals surface area contributed by atoms with Crippen LogP contribution in [-0.2, 0) is 11.3 Å². The lowest BCUT2D eigenvalue weighted by Gasteiger charge is -2.21. The summed E-state index contributed by atoms with van der Waals surface area (Å²) < 4.78 is 1.50. The Morgan fingerprint density at radius 3 is 2.56 bits per heavy atom. The summed E-state index contributed by atoms with van der Waals surface area (Å²) in [5.74, 6) is 0.671. The molecule has 0 aliphatic heterocycles. The summed E-state index contributed by atoms with van der Waals surface area (Å²) >= 11 is 1.26. The number of hydrogen-bond acceptors (Lipinski definition) is 5. The van der Waals surface area contributed by atoms with E-state index in [1.54, 1.807) is 17.2 Å². The van der Waals surface area contributed by atoms with Gasteiger partial charge < -0.3 is 4.90 Å². The van der Waals surface area contributed by atoms with Crippen LogP contribution in [-0.4, -0.2) is 37.6 Å². The average molecular weight is 445 g/mol. The minimum absolute atomic E-state index is 0.00693. The summed E-state index contributed by atoms with van der Waals surface area (Å²) in [5, 5.41) is 0.974. The van der Waals surface area contributed by atoms with E-state index in [2.05, 4.69) is 4.98 Å². The molecule has 0 bridgehead atoms. The van der Waals surface area contributed by atoms with E-state index >= 15 is 0 Å². The first-order valence-corrected chi connectivity index (χ1v) is 11.4. The largest absolute Gasteiger partial charge is 0.338 e. The third-order valence-electron chi connectivity index (χ3n) is 5.15. The van der Waals surface area contributed by atoms with Gasteiger partial charge in [-0.3, -0.25) is 9.59 Å². The lowest BCUT2D eigenvalue weighted by atomic mass is 10.2. The molecule has 2 heterocycles. The molecule has 0 atom stereocenters. The van der Waals surface area contributed by atoms with Gasteiger partial charge in [-0.15, -0.1) is 0 Å². The van der Waals surface area contributed by atoms with Gasteiger partial charge in [0.2, 0.25) is 5.91 Å². The molecular formula is C25H24N4O2S. The number of carbonyl (C=O) groups is 1. The Bertz CT molecular complexity index is 1300. The minimum atomic E-state index is -0.194. The number of thioether (sulfide) groups is 1. The first-order chi connectivity index (χ1) is 15.6. The molecular weight excluding hydrogens is 420 g/mol. The molecule has 0 saturated carbocycles. The van der Waals surface area contributed by atoms with Gasteiger partial charge in [-0.05, 0) is 49.2 Å². The van der Waals surface area contributed by atoms with Gasteiger partial charge in [-0.1, -0.05) is 54.2 Å². The molecule has 32 heavy (non-hydrogen) atoms. The van der Waals surface area contributed by atoms with Gasteiger partial charge in [0, 0.05) is 19.3 Å². The molecule has 4 rings (SSSR count). The van der Waals surface area contributed by atoms with Crippen molar-refractivity contribution in [3.05, 3.63) is 94.4 Å². The molecule has 0 unspecified atom stereocenters. The Hall–Kier alpha value is -3.45. The molecule has 162 valence electrons. The van der Waals surface area contributed by atoms with Crippen LogP contribution in [0.3, 0.4) is 0 Å². The van der Waals surface area contributed by atoms with Gasteiger partial charge in [0.05, 0.1) is 16.7 Å². The number of aryl methyl sites for hydroxylation is 1. The molecule has 6 nitrogen and oxygen atoms in total. The zero-order valence-corrected chi connectivity index (χ0v) is 18.9. The van der Waals surface area contributed by atoms with Crippen LogP contribution >= 0.6 is 11.8 Å². The molecule has 4 aromatic rings. The Kier molecular flexibility index (Phi) is 6.66. The Labute approximate surface area is 190 Å². The van der Waals surface area contributed by atoms with E-state index in [-0.39, 0.29) is 17.2 Å². The Morgan fingerprint density at radius 1 is 1.06 bits per heavy atom. The van der Waals surface area contributed by atoms with E-state index < -0.39 is 0 Å². The van der Waals surface area contributed by atoms with Crippen LogP contribution in [0, 0.1) is 6.92 Å². The number of benzene rings is 2.